The van der Waals surface area contributed by atoms with Crippen LogP contribution in [0.2, 0.25) is 0 Å². The first kappa shape index (κ1) is 13.5. The summed E-state index contributed by atoms with van der Waals surface area (Å²) in [6.07, 6.45) is 0. The van der Waals surface area contributed by atoms with Gasteiger partial charge in [-0.2, -0.15) is 0 Å². The summed E-state index contributed by atoms with van der Waals surface area (Å²) in [5.74, 6) is 0.0726. The van der Waals surface area contributed by atoms with Crippen LogP contribution >= 0.6 is 11.8 Å². The van der Waals surface area contributed by atoms with Crippen LogP contribution in [0, 0.1) is 22.9 Å². The van der Waals surface area contributed by atoms with Gasteiger partial charge in [-0.3, -0.25) is 10.1 Å². The molecule has 2 rings (SSSR count). The summed E-state index contributed by atoms with van der Waals surface area (Å²) in [5.41, 5.74) is 2.05. The van der Waals surface area contributed by atoms with Crippen molar-refractivity contribution in [2.45, 2.75) is 17.6 Å². The summed E-state index contributed by atoms with van der Waals surface area (Å²) < 4.78 is 13.3. The van der Waals surface area contributed by atoms with Crippen molar-refractivity contribution in [3.05, 3.63) is 69.5 Å². The molecule has 3 nitrogen and oxygen atoms in total. The van der Waals surface area contributed by atoms with Gasteiger partial charge in [0, 0.05) is 16.7 Å². The minimum absolute atomic E-state index is 0.216. The number of hydrogen-bond donors (Lipinski definition) is 0. The second-order valence-corrected chi connectivity index (χ2v) is 5.23. The van der Waals surface area contributed by atoms with E-state index in [1.54, 1.807) is 0 Å². The number of rotatable bonds is 4. The van der Waals surface area contributed by atoms with Gasteiger partial charge < -0.3 is 0 Å². The average molecular weight is 277 g/mol. The van der Waals surface area contributed by atoms with E-state index in [-0.39, 0.29) is 5.69 Å². The van der Waals surface area contributed by atoms with Crippen LogP contribution in [0.1, 0.15) is 11.1 Å². The first-order valence-electron chi connectivity index (χ1n) is 5.68. The SMILES string of the molecule is Cc1cccc(CSc2cc(F)cc([N+](=O)[O-])c2)c1. The number of halogens is 1. The Kier molecular flexibility index (Phi) is 4.16. The molecule has 0 bridgehead atoms. The Morgan fingerprint density at radius 2 is 2.05 bits per heavy atom. The van der Waals surface area contributed by atoms with Gasteiger partial charge in [0.05, 0.1) is 11.0 Å². The zero-order valence-corrected chi connectivity index (χ0v) is 11.1. The van der Waals surface area contributed by atoms with Crippen molar-refractivity contribution in [3.63, 3.8) is 0 Å². The number of nitro groups is 1. The molecule has 2 aromatic rings. The van der Waals surface area contributed by atoms with E-state index in [2.05, 4.69) is 0 Å². The molecule has 0 spiro atoms. The lowest BCUT2D eigenvalue weighted by molar-refractivity contribution is -0.385. The van der Waals surface area contributed by atoms with Gasteiger partial charge in [-0.25, -0.2) is 4.39 Å². The number of benzene rings is 2. The Hall–Kier alpha value is -1.88. The van der Waals surface area contributed by atoms with E-state index in [4.69, 9.17) is 0 Å². The molecule has 0 fully saturated rings. The highest BCUT2D eigenvalue weighted by Gasteiger charge is 2.10. The summed E-state index contributed by atoms with van der Waals surface area (Å²) in [7, 11) is 0. The summed E-state index contributed by atoms with van der Waals surface area (Å²) in [6.45, 7) is 2.00. The van der Waals surface area contributed by atoms with Crippen LogP contribution in [0.15, 0.2) is 47.4 Å². The maximum atomic E-state index is 13.3. The van der Waals surface area contributed by atoms with E-state index in [0.29, 0.717) is 10.6 Å². The molecular formula is C14H12FNO2S. The second-order valence-electron chi connectivity index (χ2n) is 4.18. The average Bonchev–Trinajstić information content (AvgIpc) is 2.36. The minimum Gasteiger partial charge on any atom is -0.258 e. The third-order valence-electron chi connectivity index (χ3n) is 2.55. The van der Waals surface area contributed by atoms with Crippen molar-refractivity contribution in [2.75, 3.05) is 0 Å². The van der Waals surface area contributed by atoms with Gasteiger partial charge in [-0.15, -0.1) is 11.8 Å². The third-order valence-corrected chi connectivity index (χ3v) is 3.60. The maximum Gasteiger partial charge on any atom is 0.273 e. The molecule has 0 aliphatic rings. The first-order chi connectivity index (χ1) is 9.04. The number of thioether (sulfide) groups is 1. The Bertz CT molecular complexity index is 616. The molecule has 19 heavy (non-hydrogen) atoms. The van der Waals surface area contributed by atoms with Gasteiger partial charge in [-0.1, -0.05) is 29.8 Å². The molecule has 0 aliphatic heterocycles. The zero-order valence-electron chi connectivity index (χ0n) is 10.3. The minimum atomic E-state index is -0.584. The summed E-state index contributed by atoms with van der Waals surface area (Å²) >= 11 is 1.38. The van der Waals surface area contributed by atoms with E-state index >= 15 is 0 Å². The monoisotopic (exact) mass is 277 g/mol. The van der Waals surface area contributed by atoms with E-state index in [9.17, 15) is 14.5 Å². The molecule has 0 unspecified atom stereocenters. The normalized spacial score (nSPS) is 10.4. The molecule has 98 valence electrons. The van der Waals surface area contributed by atoms with Crippen LogP contribution in [-0.4, -0.2) is 4.92 Å². The van der Waals surface area contributed by atoms with Crippen molar-refractivity contribution in [3.8, 4) is 0 Å². The third kappa shape index (κ3) is 3.79. The molecular weight excluding hydrogens is 265 g/mol. The van der Waals surface area contributed by atoms with E-state index in [1.807, 2.05) is 31.2 Å². The molecule has 0 aliphatic carbocycles. The molecule has 2 aromatic carbocycles. The Balaban J connectivity index is 2.13. The molecule has 0 heterocycles. The van der Waals surface area contributed by atoms with Gasteiger partial charge >= 0.3 is 0 Å². The van der Waals surface area contributed by atoms with Crippen molar-refractivity contribution in [1.29, 1.82) is 0 Å². The molecule has 5 heteroatoms. The second kappa shape index (κ2) is 5.84. The Labute approximate surface area is 114 Å². The Morgan fingerprint density at radius 1 is 1.26 bits per heavy atom. The topological polar surface area (TPSA) is 43.1 Å². The van der Waals surface area contributed by atoms with Gasteiger partial charge in [0.25, 0.3) is 5.69 Å². The van der Waals surface area contributed by atoms with Crippen LogP contribution in [0.5, 0.6) is 0 Å². The van der Waals surface area contributed by atoms with Crippen molar-refractivity contribution in [2.24, 2.45) is 0 Å². The highest BCUT2D eigenvalue weighted by molar-refractivity contribution is 7.98. The van der Waals surface area contributed by atoms with Gasteiger partial charge in [-0.05, 0) is 18.6 Å². The first-order valence-corrected chi connectivity index (χ1v) is 6.66. The summed E-state index contributed by atoms with van der Waals surface area (Å²) in [6, 6.07) is 11.6. The largest absolute Gasteiger partial charge is 0.273 e. The van der Waals surface area contributed by atoms with Gasteiger partial charge in [0.15, 0.2) is 0 Å². The number of non-ortho nitro benzene ring substituents is 1. The molecule has 0 aromatic heterocycles. The van der Waals surface area contributed by atoms with Crippen molar-refractivity contribution >= 4 is 17.4 Å². The molecule has 0 atom stereocenters. The van der Waals surface area contributed by atoms with Gasteiger partial charge in [0.2, 0.25) is 0 Å². The molecule has 0 radical (unpaired) electrons. The lowest BCUT2D eigenvalue weighted by Crippen LogP contribution is -1.90. The predicted molar refractivity (Wildman–Crippen MR) is 73.8 cm³/mol. The molecule has 0 amide bonds. The smallest absolute Gasteiger partial charge is 0.258 e. The highest BCUT2D eigenvalue weighted by Crippen LogP contribution is 2.27. The van der Waals surface area contributed by atoms with Crippen molar-refractivity contribution < 1.29 is 9.31 Å². The zero-order chi connectivity index (χ0) is 13.8. The fraction of sp³-hybridized carbons (Fsp3) is 0.143. The molecule has 0 N–H and O–H groups in total. The van der Waals surface area contributed by atoms with Gasteiger partial charge in [0.1, 0.15) is 5.82 Å². The van der Waals surface area contributed by atoms with Crippen LogP contribution < -0.4 is 0 Å². The number of nitrogens with zero attached hydrogens (tertiary/aromatic N) is 1. The maximum absolute atomic E-state index is 13.3. The fourth-order valence-corrected chi connectivity index (χ4v) is 2.62. The van der Waals surface area contributed by atoms with E-state index < -0.39 is 10.7 Å². The van der Waals surface area contributed by atoms with Crippen LogP contribution in [0.4, 0.5) is 10.1 Å². The quantitative estimate of drug-likeness (QED) is 0.474. The van der Waals surface area contributed by atoms with Crippen LogP contribution in [0.3, 0.4) is 0 Å². The standard InChI is InChI=1S/C14H12FNO2S/c1-10-3-2-4-11(5-10)9-19-14-7-12(15)6-13(8-14)16(17)18/h2-8H,9H2,1H3. The molecule has 0 saturated heterocycles. The summed E-state index contributed by atoms with van der Waals surface area (Å²) in [4.78, 5) is 10.6. The lowest BCUT2D eigenvalue weighted by atomic mass is 10.2. The van der Waals surface area contributed by atoms with Crippen molar-refractivity contribution in [1.82, 2.24) is 0 Å². The summed E-state index contributed by atoms with van der Waals surface area (Å²) in [5, 5.41) is 10.7. The molecule has 0 saturated carbocycles. The number of nitro benzene ring substituents is 1. The van der Waals surface area contributed by atoms with Crippen LogP contribution in [0.25, 0.3) is 0 Å². The number of hydrogen-bond acceptors (Lipinski definition) is 3. The lowest BCUT2D eigenvalue weighted by Gasteiger charge is -2.03. The highest BCUT2D eigenvalue weighted by atomic mass is 32.2. The van der Waals surface area contributed by atoms with E-state index in [1.165, 1.54) is 23.9 Å². The Morgan fingerprint density at radius 3 is 2.74 bits per heavy atom. The number of aryl methyl sites for hydroxylation is 1. The van der Waals surface area contributed by atoms with E-state index in [0.717, 1.165) is 17.2 Å². The fourth-order valence-electron chi connectivity index (χ4n) is 1.71. The van der Waals surface area contributed by atoms with Crippen LogP contribution in [-0.2, 0) is 5.75 Å². The predicted octanol–water partition coefficient (Wildman–Crippen LogP) is 4.33.